The molecule has 1 aromatic rings. The van der Waals surface area contributed by atoms with Gasteiger partial charge in [-0.3, -0.25) is 15.0 Å². The van der Waals surface area contributed by atoms with Crippen LogP contribution in [0, 0.1) is 16.0 Å². The summed E-state index contributed by atoms with van der Waals surface area (Å²) in [6, 6.07) is 4.59. The van der Waals surface area contributed by atoms with E-state index in [-0.39, 0.29) is 5.69 Å². The number of nitro groups is 1. The van der Waals surface area contributed by atoms with Gasteiger partial charge in [-0.05, 0) is 30.5 Å². The van der Waals surface area contributed by atoms with Gasteiger partial charge in [-0.2, -0.15) is 0 Å². The van der Waals surface area contributed by atoms with E-state index in [1.807, 2.05) is 0 Å². The Kier molecular flexibility index (Phi) is 4.74. The van der Waals surface area contributed by atoms with Gasteiger partial charge < -0.3 is 4.74 Å². The number of methoxy groups -OCH3 is 1. The average Bonchev–Trinajstić information content (AvgIpc) is 2.80. The molecule has 0 spiro atoms. The van der Waals surface area contributed by atoms with Gasteiger partial charge in [0.1, 0.15) is 0 Å². The van der Waals surface area contributed by atoms with E-state index in [4.69, 9.17) is 16.3 Å². The predicted octanol–water partition coefficient (Wildman–Crippen LogP) is 2.72. The Bertz CT molecular complexity index is 467. The molecule has 5 nitrogen and oxygen atoms in total. The van der Waals surface area contributed by atoms with Crippen LogP contribution in [0.25, 0.3) is 0 Å². The molecule has 1 atom stereocenters. The Hall–Kier alpha value is -1.17. The van der Waals surface area contributed by atoms with Crippen LogP contribution < -0.4 is 0 Å². The third-order valence-electron chi connectivity index (χ3n) is 3.41. The molecule has 104 valence electrons. The highest BCUT2D eigenvalue weighted by molar-refractivity contribution is 6.31. The molecule has 0 saturated carbocycles. The Morgan fingerprint density at radius 1 is 1.58 bits per heavy atom. The van der Waals surface area contributed by atoms with Crippen molar-refractivity contribution in [3.8, 4) is 0 Å². The van der Waals surface area contributed by atoms with Gasteiger partial charge in [0.25, 0.3) is 5.69 Å². The molecular formula is C13H17ClN2O3. The molecule has 2 rings (SSSR count). The summed E-state index contributed by atoms with van der Waals surface area (Å²) >= 11 is 6.10. The highest BCUT2D eigenvalue weighted by Crippen LogP contribution is 2.26. The van der Waals surface area contributed by atoms with E-state index >= 15 is 0 Å². The van der Waals surface area contributed by atoms with Crippen LogP contribution in [0.5, 0.6) is 0 Å². The lowest BCUT2D eigenvalue weighted by atomic mass is 10.1. The lowest BCUT2D eigenvalue weighted by Gasteiger charge is -2.16. The monoisotopic (exact) mass is 284 g/mol. The Balaban J connectivity index is 2.03. The molecule has 1 aromatic carbocycles. The van der Waals surface area contributed by atoms with Crippen LogP contribution in [0.1, 0.15) is 12.0 Å². The maximum Gasteiger partial charge on any atom is 0.269 e. The van der Waals surface area contributed by atoms with E-state index < -0.39 is 4.92 Å². The van der Waals surface area contributed by atoms with Crippen molar-refractivity contribution >= 4 is 17.3 Å². The number of hydrogen-bond acceptors (Lipinski definition) is 4. The topological polar surface area (TPSA) is 55.6 Å². The van der Waals surface area contributed by atoms with Gasteiger partial charge >= 0.3 is 0 Å². The number of halogens is 1. The summed E-state index contributed by atoms with van der Waals surface area (Å²) in [5, 5.41) is 11.4. The highest BCUT2D eigenvalue weighted by Gasteiger charge is 2.23. The molecule has 1 fully saturated rings. The van der Waals surface area contributed by atoms with Gasteiger partial charge in [0.05, 0.1) is 11.5 Å². The van der Waals surface area contributed by atoms with Crippen molar-refractivity contribution in [2.45, 2.75) is 13.0 Å². The van der Waals surface area contributed by atoms with Crippen LogP contribution >= 0.6 is 11.6 Å². The van der Waals surface area contributed by atoms with Crippen LogP contribution in [0.15, 0.2) is 18.2 Å². The van der Waals surface area contributed by atoms with E-state index in [1.54, 1.807) is 19.2 Å². The minimum absolute atomic E-state index is 0.0899. The largest absolute Gasteiger partial charge is 0.384 e. The van der Waals surface area contributed by atoms with Gasteiger partial charge in [-0.15, -0.1) is 0 Å². The third kappa shape index (κ3) is 3.65. The predicted molar refractivity (Wildman–Crippen MR) is 73.4 cm³/mol. The molecule has 1 saturated heterocycles. The fourth-order valence-electron chi connectivity index (χ4n) is 2.47. The minimum atomic E-state index is -0.391. The standard InChI is InChI=1S/C13H17ClN2O3/c1-19-9-10-4-5-15(7-10)8-11-6-12(16(17)18)2-3-13(11)14/h2-3,6,10H,4-5,7-9H2,1H3. The average molecular weight is 285 g/mol. The molecule has 0 radical (unpaired) electrons. The molecular weight excluding hydrogens is 268 g/mol. The van der Waals surface area contributed by atoms with Crippen molar-refractivity contribution in [3.05, 3.63) is 38.9 Å². The number of likely N-dealkylation sites (tertiary alicyclic amines) is 1. The molecule has 6 heteroatoms. The number of nitro benzene ring substituents is 1. The first kappa shape index (κ1) is 14.2. The van der Waals surface area contributed by atoms with E-state index in [0.29, 0.717) is 17.5 Å². The molecule has 0 bridgehead atoms. The summed E-state index contributed by atoms with van der Waals surface area (Å²) < 4.78 is 5.16. The van der Waals surface area contributed by atoms with E-state index in [2.05, 4.69) is 4.90 Å². The summed E-state index contributed by atoms with van der Waals surface area (Å²) in [6.45, 7) is 3.35. The second-order valence-corrected chi connectivity index (χ2v) is 5.29. The van der Waals surface area contributed by atoms with Gasteiger partial charge in [0, 0.05) is 37.4 Å². The summed E-state index contributed by atoms with van der Waals surface area (Å²) in [5.74, 6) is 0.544. The van der Waals surface area contributed by atoms with Gasteiger partial charge in [0.15, 0.2) is 0 Å². The summed E-state index contributed by atoms with van der Waals surface area (Å²) in [7, 11) is 1.71. The molecule has 1 aliphatic heterocycles. The second kappa shape index (κ2) is 6.32. The zero-order valence-electron chi connectivity index (χ0n) is 10.8. The van der Waals surface area contributed by atoms with Gasteiger partial charge in [-0.1, -0.05) is 11.6 Å². The van der Waals surface area contributed by atoms with Crippen molar-refractivity contribution < 1.29 is 9.66 Å². The summed E-state index contributed by atoms with van der Waals surface area (Å²) in [4.78, 5) is 12.6. The molecule has 0 amide bonds. The van der Waals surface area contributed by atoms with Crippen LogP contribution in [-0.2, 0) is 11.3 Å². The lowest BCUT2D eigenvalue weighted by Crippen LogP contribution is -2.21. The molecule has 0 N–H and O–H groups in total. The number of hydrogen-bond donors (Lipinski definition) is 0. The lowest BCUT2D eigenvalue weighted by molar-refractivity contribution is -0.384. The molecule has 0 aliphatic carbocycles. The number of rotatable bonds is 5. The van der Waals surface area contributed by atoms with Crippen molar-refractivity contribution in [3.63, 3.8) is 0 Å². The van der Waals surface area contributed by atoms with E-state index in [0.717, 1.165) is 31.7 Å². The fraction of sp³-hybridized carbons (Fsp3) is 0.538. The zero-order valence-corrected chi connectivity index (χ0v) is 11.6. The first-order chi connectivity index (χ1) is 9.10. The van der Waals surface area contributed by atoms with Crippen molar-refractivity contribution in [2.24, 2.45) is 5.92 Å². The quantitative estimate of drug-likeness (QED) is 0.616. The van der Waals surface area contributed by atoms with Crippen molar-refractivity contribution in [1.29, 1.82) is 0 Å². The van der Waals surface area contributed by atoms with E-state index in [9.17, 15) is 10.1 Å². The van der Waals surface area contributed by atoms with Crippen molar-refractivity contribution in [2.75, 3.05) is 26.8 Å². The van der Waals surface area contributed by atoms with Gasteiger partial charge in [0.2, 0.25) is 0 Å². The third-order valence-corrected chi connectivity index (χ3v) is 3.78. The maximum atomic E-state index is 10.8. The summed E-state index contributed by atoms with van der Waals surface area (Å²) in [5.41, 5.74) is 0.904. The Labute approximate surface area is 117 Å². The van der Waals surface area contributed by atoms with Crippen LogP contribution in [0.4, 0.5) is 5.69 Å². The van der Waals surface area contributed by atoms with Crippen LogP contribution in [-0.4, -0.2) is 36.6 Å². The Morgan fingerprint density at radius 2 is 2.37 bits per heavy atom. The number of ether oxygens (including phenoxy) is 1. The van der Waals surface area contributed by atoms with Crippen LogP contribution in [0.3, 0.4) is 0 Å². The molecule has 19 heavy (non-hydrogen) atoms. The Morgan fingerprint density at radius 3 is 3.05 bits per heavy atom. The minimum Gasteiger partial charge on any atom is -0.384 e. The number of non-ortho nitro benzene ring substituents is 1. The molecule has 1 heterocycles. The first-order valence-corrected chi connectivity index (χ1v) is 6.62. The zero-order chi connectivity index (χ0) is 13.8. The highest BCUT2D eigenvalue weighted by atomic mass is 35.5. The summed E-state index contributed by atoms with van der Waals surface area (Å²) in [6.07, 6.45) is 1.10. The number of nitrogens with zero attached hydrogens (tertiary/aromatic N) is 2. The second-order valence-electron chi connectivity index (χ2n) is 4.88. The molecule has 1 aliphatic rings. The smallest absolute Gasteiger partial charge is 0.269 e. The van der Waals surface area contributed by atoms with E-state index in [1.165, 1.54) is 6.07 Å². The van der Waals surface area contributed by atoms with Crippen LogP contribution in [0.2, 0.25) is 5.02 Å². The number of benzene rings is 1. The molecule has 1 unspecified atom stereocenters. The molecule has 0 aromatic heterocycles. The van der Waals surface area contributed by atoms with Gasteiger partial charge in [-0.25, -0.2) is 0 Å². The SMILES string of the molecule is COCC1CCN(Cc2cc([N+](=O)[O-])ccc2Cl)C1. The fourth-order valence-corrected chi connectivity index (χ4v) is 2.64. The van der Waals surface area contributed by atoms with Crippen molar-refractivity contribution in [1.82, 2.24) is 4.90 Å². The first-order valence-electron chi connectivity index (χ1n) is 6.24. The maximum absolute atomic E-state index is 10.8. The normalized spacial score (nSPS) is 19.8.